The molecule has 49 heavy (non-hydrogen) atoms. The van der Waals surface area contributed by atoms with Gasteiger partial charge in [-0.3, -0.25) is 49.2 Å². The van der Waals surface area contributed by atoms with E-state index in [2.05, 4.69) is 0 Å². The second-order valence-electron chi connectivity index (χ2n) is 12.9. The van der Waals surface area contributed by atoms with Gasteiger partial charge in [-0.2, -0.15) is 0 Å². The Morgan fingerprint density at radius 3 is 1.88 bits per heavy atom. The highest BCUT2D eigenvalue weighted by Gasteiger charge is 2.62. The topological polar surface area (TPSA) is 190 Å². The molecule has 246 valence electrons. The van der Waals surface area contributed by atoms with Gasteiger partial charge in [0.15, 0.2) is 0 Å². The number of phenols is 1. The lowest BCUT2D eigenvalue weighted by atomic mass is 9.56. The molecule has 6 atom stereocenters. The third kappa shape index (κ3) is 4.54. The number of rotatable bonds is 5. The number of fused-ring (bicyclic) bond motifs is 5. The van der Waals surface area contributed by atoms with Crippen molar-refractivity contribution in [2.75, 3.05) is 9.80 Å². The van der Waals surface area contributed by atoms with Crippen LogP contribution in [0.15, 0.2) is 90.2 Å². The number of carbonyl (C=O) groups is 4. The Morgan fingerprint density at radius 2 is 1.29 bits per heavy atom. The molecule has 3 aliphatic heterocycles. The van der Waals surface area contributed by atoms with Crippen LogP contribution in [0, 0.1) is 55.7 Å². The highest BCUT2D eigenvalue weighted by atomic mass is 16.6. The lowest BCUT2D eigenvalue weighted by molar-refractivity contribution is -0.385. The van der Waals surface area contributed by atoms with E-state index in [4.69, 9.17) is 4.74 Å². The molecule has 3 aromatic rings. The maximum Gasteiger partial charge on any atom is 0.269 e. The summed E-state index contributed by atoms with van der Waals surface area (Å²) in [6.45, 7) is 0. The smallest absolute Gasteiger partial charge is 0.269 e. The maximum absolute atomic E-state index is 14.3. The molecular weight excluding hydrogens is 636 g/mol. The normalized spacial score (nSPS) is 27.0. The molecule has 2 aliphatic carbocycles. The van der Waals surface area contributed by atoms with Crippen LogP contribution in [-0.4, -0.2) is 38.6 Å². The number of benzene rings is 3. The molecule has 14 heteroatoms. The van der Waals surface area contributed by atoms with Gasteiger partial charge < -0.3 is 9.84 Å². The number of phenolic OH excluding ortho intramolecular Hbond substituents is 1. The van der Waals surface area contributed by atoms with E-state index in [1.54, 1.807) is 18.4 Å². The van der Waals surface area contributed by atoms with E-state index in [0.29, 0.717) is 16.9 Å². The van der Waals surface area contributed by atoms with Crippen molar-refractivity contribution in [3.63, 3.8) is 0 Å². The van der Waals surface area contributed by atoms with E-state index in [1.807, 2.05) is 6.08 Å². The molecule has 1 saturated carbocycles. The summed E-state index contributed by atoms with van der Waals surface area (Å²) in [6, 6.07) is 15.0. The second-order valence-corrected chi connectivity index (χ2v) is 12.9. The number of nitrogens with zero attached hydrogens (tertiary/aromatic N) is 4. The number of non-ortho nitro benzene ring substituents is 2. The lowest BCUT2D eigenvalue weighted by Crippen LogP contribution is -2.45. The van der Waals surface area contributed by atoms with E-state index in [0.717, 1.165) is 15.4 Å². The molecule has 8 rings (SSSR count). The molecule has 3 heterocycles. The number of hydrogen-bond donors (Lipinski definition) is 1. The molecule has 0 aromatic heterocycles. The number of carbonyl (C=O) groups excluding carboxylic acids is 4. The summed E-state index contributed by atoms with van der Waals surface area (Å²) in [4.78, 5) is 79.9. The SMILES string of the molecule is O=C1[C@H]2[C@H](CC=C3[C@H](C4=COc5ccc(O)cc5C4)[C@@H]4C(=O)N(c5ccc([N+](=O)[O-])cc5)C(=O)[C@@H]4C[C@H]32)C(=O)N1c1ccc([N+](=O)[O-])cc1. The van der Waals surface area contributed by atoms with Crippen LogP contribution in [0.4, 0.5) is 22.7 Å². The van der Waals surface area contributed by atoms with Gasteiger partial charge in [0.1, 0.15) is 11.5 Å². The first kappa shape index (κ1) is 30.2. The molecular formula is C35H26N4O10. The summed E-state index contributed by atoms with van der Waals surface area (Å²) in [7, 11) is 0. The summed E-state index contributed by atoms with van der Waals surface area (Å²) in [5, 5.41) is 32.7. The number of nitro benzene ring substituents is 2. The van der Waals surface area contributed by atoms with Gasteiger partial charge in [0.05, 0.1) is 51.2 Å². The van der Waals surface area contributed by atoms with Crippen LogP contribution in [-0.2, 0) is 25.6 Å². The van der Waals surface area contributed by atoms with Crippen molar-refractivity contribution in [1.82, 2.24) is 0 Å². The van der Waals surface area contributed by atoms with Crippen molar-refractivity contribution < 1.29 is 38.9 Å². The molecule has 2 saturated heterocycles. The third-order valence-electron chi connectivity index (χ3n) is 10.5. The zero-order valence-corrected chi connectivity index (χ0v) is 25.5. The van der Waals surface area contributed by atoms with Crippen molar-refractivity contribution in [1.29, 1.82) is 0 Å². The lowest BCUT2D eigenvalue weighted by Gasteiger charge is -2.45. The van der Waals surface area contributed by atoms with E-state index < -0.39 is 69.0 Å². The van der Waals surface area contributed by atoms with Gasteiger partial charge in [-0.25, -0.2) is 0 Å². The zero-order valence-electron chi connectivity index (χ0n) is 25.5. The average Bonchev–Trinajstić information content (AvgIpc) is 3.50. The fourth-order valence-corrected chi connectivity index (χ4v) is 8.37. The summed E-state index contributed by atoms with van der Waals surface area (Å²) in [6.07, 6.45) is 4.05. The molecule has 4 amide bonds. The van der Waals surface area contributed by atoms with Crippen LogP contribution in [0.2, 0.25) is 0 Å². The molecule has 3 aromatic carbocycles. The van der Waals surface area contributed by atoms with Gasteiger partial charge >= 0.3 is 0 Å². The largest absolute Gasteiger partial charge is 0.508 e. The highest BCUT2D eigenvalue weighted by Crippen LogP contribution is 2.58. The number of nitro groups is 2. The van der Waals surface area contributed by atoms with Gasteiger partial charge in [-0.1, -0.05) is 11.6 Å². The van der Waals surface area contributed by atoms with Crippen LogP contribution in [0.5, 0.6) is 11.5 Å². The number of hydrogen-bond acceptors (Lipinski definition) is 10. The van der Waals surface area contributed by atoms with E-state index in [1.165, 1.54) is 54.6 Å². The Bertz CT molecular complexity index is 2070. The van der Waals surface area contributed by atoms with Crippen molar-refractivity contribution in [3.05, 3.63) is 116 Å². The molecule has 14 nitrogen and oxygen atoms in total. The Morgan fingerprint density at radius 1 is 0.714 bits per heavy atom. The number of amides is 4. The van der Waals surface area contributed by atoms with E-state index in [9.17, 15) is 44.5 Å². The van der Waals surface area contributed by atoms with Gasteiger partial charge in [0, 0.05) is 42.2 Å². The highest BCUT2D eigenvalue weighted by molar-refractivity contribution is 6.24. The van der Waals surface area contributed by atoms with Crippen molar-refractivity contribution in [2.24, 2.45) is 35.5 Å². The minimum absolute atomic E-state index is 0.0283. The number of imide groups is 2. The Balaban J connectivity index is 1.20. The second kappa shape index (κ2) is 10.9. The Labute approximate surface area is 277 Å². The van der Waals surface area contributed by atoms with Crippen LogP contribution in [0.1, 0.15) is 18.4 Å². The zero-order chi connectivity index (χ0) is 34.3. The first-order valence-electron chi connectivity index (χ1n) is 15.7. The Hall–Kier alpha value is -6.18. The first-order valence-corrected chi connectivity index (χ1v) is 15.7. The molecule has 5 aliphatic rings. The molecule has 3 fully saturated rings. The van der Waals surface area contributed by atoms with Crippen molar-refractivity contribution >= 4 is 46.4 Å². The predicted molar refractivity (Wildman–Crippen MR) is 170 cm³/mol. The fourth-order valence-electron chi connectivity index (χ4n) is 8.37. The van der Waals surface area contributed by atoms with Crippen LogP contribution in [0.25, 0.3) is 0 Å². The van der Waals surface area contributed by atoms with Crippen LogP contribution >= 0.6 is 0 Å². The van der Waals surface area contributed by atoms with Crippen molar-refractivity contribution in [3.8, 4) is 11.5 Å². The summed E-state index contributed by atoms with van der Waals surface area (Å²) in [5.74, 6) is -5.97. The number of allylic oxidation sites excluding steroid dienone is 3. The summed E-state index contributed by atoms with van der Waals surface area (Å²) >= 11 is 0. The molecule has 0 unspecified atom stereocenters. The number of anilines is 2. The minimum Gasteiger partial charge on any atom is -0.508 e. The molecule has 0 spiro atoms. The van der Waals surface area contributed by atoms with Crippen LogP contribution < -0.4 is 14.5 Å². The predicted octanol–water partition coefficient (Wildman–Crippen LogP) is 4.61. The van der Waals surface area contributed by atoms with Crippen LogP contribution in [0.3, 0.4) is 0 Å². The third-order valence-corrected chi connectivity index (χ3v) is 10.5. The van der Waals surface area contributed by atoms with E-state index >= 15 is 0 Å². The van der Waals surface area contributed by atoms with Gasteiger partial charge in [-0.15, -0.1) is 0 Å². The molecule has 0 bridgehead atoms. The first-order chi connectivity index (χ1) is 23.5. The maximum atomic E-state index is 14.3. The number of ether oxygens (including phenoxy) is 1. The standard InChI is InChI=1S/C35H26N4O10/c40-23-9-12-28-17(14-23)13-18(16-49-28)29-24-10-11-25-30(34(43)36(32(25)41)19-1-5-21(6-2-19)38(45)46)26(24)15-27-31(29)35(44)37(33(27)42)20-3-7-22(8-4-20)39(47)48/h1-10,12,14,16,25-27,29-31,40H,11,13,15H2/t25-,26+,27+,29-,30-,31+/m0/s1. The van der Waals surface area contributed by atoms with Gasteiger partial charge in [0.2, 0.25) is 23.6 Å². The molecule has 0 radical (unpaired) electrons. The quantitative estimate of drug-likeness (QED) is 0.175. The van der Waals surface area contributed by atoms with E-state index in [-0.39, 0.29) is 47.8 Å². The molecule has 1 N–H and O–H groups in total. The minimum atomic E-state index is -0.881. The van der Waals surface area contributed by atoms with Gasteiger partial charge in [0.25, 0.3) is 11.4 Å². The fraction of sp³-hybridized carbons (Fsp3) is 0.257. The average molecular weight is 663 g/mol. The van der Waals surface area contributed by atoms with Crippen molar-refractivity contribution in [2.45, 2.75) is 19.3 Å². The van der Waals surface area contributed by atoms with Gasteiger partial charge in [-0.05, 0) is 66.8 Å². The monoisotopic (exact) mass is 662 g/mol. The number of aromatic hydroxyl groups is 1. The Kier molecular flexibility index (Phi) is 6.73. The summed E-state index contributed by atoms with van der Waals surface area (Å²) in [5.41, 5.74) is 2.09. The summed E-state index contributed by atoms with van der Waals surface area (Å²) < 4.78 is 5.96.